The molecule has 2 N–H and O–H groups in total. The lowest BCUT2D eigenvalue weighted by molar-refractivity contribution is -0.128. The van der Waals surface area contributed by atoms with Crippen LogP contribution in [0, 0.1) is 11.8 Å². The van der Waals surface area contributed by atoms with Crippen LogP contribution < -0.4 is 15.4 Å². The van der Waals surface area contributed by atoms with E-state index in [4.69, 9.17) is 13.9 Å². The van der Waals surface area contributed by atoms with Crippen molar-refractivity contribution < 1.29 is 28.3 Å². The van der Waals surface area contributed by atoms with Crippen LogP contribution in [0.4, 0.5) is 4.79 Å². The van der Waals surface area contributed by atoms with Crippen LogP contribution in [0.2, 0.25) is 0 Å². The predicted octanol–water partition coefficient (Wildman–Crippen LogP) is 1.97. The minimum Gasteiger partial charge on any atom is -0.469 e. The number of Topliss-reactive ketones (excluding diaryl/α,β-unsaturated/α-hetero) is 1. The number of nitrogens with one attached hydrogen (secondary N) is 2. The molecule has 0 bridgehead atoms. The maximum Gasteiger partial charge on any atom is 0.413 e. The van der Waals surface area contributed by atoms with E-state index in [2.05, 4.69) is 29.4 Å². The molecule has 172 valence electrons. The smallest absolute Gasteiger partial charge is 0.413 e. The molecule has 0 spiro atoms. The number of ketones is 1. The zero-order valence-electron chi connectivity index (χ0n) is 18.5. The summed E-state index contributed by atoms with van der Waals surface area (Å²) >= 11 is 0. The van der Waals surface area contributed by atoms with Crippen molar-refractivity contribution in [3.05, 3.63) is 18.6 Å². The van der Waals surface area contributed by atoms with E-state index in [9.17, 15) is 14.4 Å². The Morgan fingerprint density at radius 3 is 2.65 bits per heavy atom. The first kappa shape index (κ1) is 23.3. The predicted molar refractivity (Wildman–Crippen MR) is 113 cm³/mol. The molecule has 0 aliphatic carbocycles. The molecule has 4 atom stereocenters. The highest BCUT2D eigenvalue weighted by Gasteiger charge is 2.39. The van der Waals surface area contributed by atoms with Crippen LogP contribution in [0.1, 0.15) is 40.0 Å². The van der Waals surface area contributed by atoms with Gasteiger partial charge in [-0.25, -0.2) is 4.79 Å². The van der Waals surface area contributed by atoms with Gasteiger partial charge in [-0.1, -0.05) is 20.8 Å². The number of ether oxygens (including phenoxy) is 2. The van der Waals surface area contributed by atoms with Gasteiger partial charge in [-0.15, -0.1) is 0 Å². The maximum atomic E-state index is 13.1. The number of nitrogens with zero attached hydrogens (tertiary/aromatic N) is 1. The van der Waals surface area contributed by atoms with E-state index in [1.54, 1.807) is 0 Å². The number of furan rings is 1. The molecule has 2 aliphatic rings. The quantitative estimate of drug-likeness (QED) is 0.610. The number of hydrogen-bond acceptors (Lipinski definition) is 7. The molecule has 1 aromatic rings. The number of carbonyl (C=O) groups is 3. The highest BCUT2D eigenvalue weighted by Crippen LogP contribution is 2.19. The van der Waals surface area contributed by atoms with Gasteiger partial charge in [0.15, 0.2) is 11.5 Å². The van der Waals surface area contributed by atoms with Crippen LogP contribution in [0.25, 0.3) is 0 Å². The standard InChI is InChI=1S/C22H33N3O6/c1-14(2)15(3)10-17(23-22(28)31-16-6-9-29-12-16)21(27)24-20-18(26)13-30-19(20)11-25-7-4-5-8-25/h6,9,12,14-15,17,19-20H,4-5,7-8,10-11,13H2,1-3H3,(H,23,28)(H,24,27)/t15?,17-,19?,20?/m0/s1. The second kappa shape index (κ2) is 10.8. The van der Waals surface area contributed by atoms with E-state index in [1.165, 1.54) is 18.6 Å². The van der Waals surface area contributed by atoms with E-state index in [1.807, 2.05) is 6.92 Å². The van der Waals surface area contributed by atoms with Crippen LogP contribution >= 0.6 is 0 Å². The molecule has 2 amide bonds. The summed E-state index contributed by atoms with van der Waals surface area (Å²) < 4.78 is 15.7. The monoisotopic (exact) mass is 435 g/mol. The second-order valence-corrected chi connectivity index (χ2v) is 8.81. The van der Waals surface area contributed by atoms with E-state index in [0.29, 0.717) is 18.9 Å². The lowest BCUT2D eigenvalue weighted by Crippen LogP contribution is -2.55. The van der Waals surface area contributed by atoms with Gasteiger partial charge in [0.05, 0.1) is 12.4 Å². The van der Waals surface area contributed by atoms with Crippen molar-refractivity contribution in [3.63, 3.8) is 0 Å². The van der Waals surface area contributed by atoms with Crippen LogP contribution in [-0.2, 0) is 14.3 Å². The summed E-state index contributed by atoms with van der Waals surface area (Å²) in [5.74, 6) is 0.182. The first-order valence-corrected chi connectivity index (χ1v) is 11.0. The number of hydrogen-bond donors (Lipinski definition) is 2. The van der Waals surface area contributed by atoms with Crippen LogP contribution in [0.5, 0.6) is 5.75 Å². The van der Waals surface area contributed by atoms with Gasteiger partial charge < -0.3 is 29.4 Å². The van der Waals surface area contributed by atoms with E-state index < -0.39 is 24.1 Å². The van der Waals surface area contributed by atoms with Crippen molar-refractivity contribution in [2.24, 2.45) is 11.8 Å². The molecule has 2 aliphatic heterocycles. The average Bonchev–Trinajstić information content (AvgIpc) is 3.47. The summed E-state index contributed by atoms with van der Waals surface area (Å²) in [6.45, 7) is 8.70. The number of likely N-dealkylation sites (tertiary alicyclic amines) is 1. The van der Waals surface area contributed by atoms with Gasteiger partial charge in [-0.3, -0.25) is 9.59 Å². The molecule has 3 rings (SSSR count). The summed E-state index contributed by atoms with van der Waals surface area (Å²) in [7, 11) is 0. The summed E-state index contributed by atoms with van der Waals surface area (Å²) in [6, 6.07) is -0.0441. The third-order valence-corrected chi connectivity index (χ3v) is 6.15. The zero-order chi connectivity index (χ0) is 22.4. The molecule has 3 heterocycles. The maximum absolute atomic E-state index is 13.1. The Labute approximate surface area is 182 Å². The third-order valence-electron chi connectivity index (χ3n) is 6.15. The Kier molecular flexibility index (Phi) is 8.09. The van der Waals surface area contributed by atoms with Crippen molar-refractivity contribution in [2.45, 2.75) is 58.2 Å². The minimum atomic E-state index is -0.836. The number of rotatable bonds is 9. The van der Waals surface area contributed by atoms with E-state index >= 15 is 0 Å². The SMILES string of the molecule is CC(C)C(C)C[C@H](NC(=O)Oc1ccoc1)C(=O)NC1C(=O)COC1CN1CCCC1. The Bertz CT molecular complexity index is 744. The lowest BCUT2D eigenvalue weighted by atomic mass is 9.90. The summed E-state index contributed by atoms with van der Waals surface area (Å²) in [6.07, 6.45) is 4.24. The van der Waals surface area contributed by atoms with Gasteiger partial charge in [0.2, 0.25) is 5.91 Å². The summed E-state index contributed by atoms with van der Waals surface area (Å²) in [5.41, 5.74) is 0. The molecule has 0 radical (unpaired) electrons. The highest BCUT2D eigenvalue weighted by molar-refractivity contribution is 5.94. The fourth-order valence-electron chi connectivity index (χ4n) is 3.85. The first-order chi connectivity index (χ1) is 14.8. The first-order valence-electron chi connectivity index (χ1n) is 11.0. The van der Waals surface area contributed by atoms with Gasteiger partial charge in [0, 0.05) is 12.6 Å². The van der Waals surface area contributed by atoms with Crippen molar-refractivity contribution in [3.8, 4) is 5.75 Å². The lowest BCUT2D eigenvalue weighted by Gasteiger charge is -2.27. The Hall–Kier alpha value is -2.39. The fraction of sp³-hybridized carbons (Fsp3) is 0.682. The van der Waals surface area contributed by atoms with Gasteiger partial charge >= 0.3 is 6.09 Å². The molecule has 0 aromatic carbocycles. The van der Waals surface area contributed by atoms with Crippen LogP contribution in [0.3, 0.4) is 0 Å². The minimum absolute atomic E-state index is 0.00746. The molecule has 31 heavy (non-hydrogen) atoms. The molecule has 3 unspecified atom stereocenters. The molecule has 9 nitrogen and oxygen atoms in total. The summed E-state index contributed by atoms with van der Waals surface area (Å²) in [4.78, 5) is 40.1. The number of carbonyl (C=O) groups excluding carboxylic acids is 3. The fourth-order valence-corrected chi connectivity index (χ4v) is 3.85. The molecule has 1 aromatic heterocycles. The van der Waals surface area contributed by atoms with Crippen LogP contribution in [-0.4, -0.2) is 67.1 Å². The van der Waals surface area contributed by atoms with Gasteiger partial charge in [0.25, 0.3) is 0 Å². The molecule has 2 saturated heterocycles. The topological polar surface area (TPSA) is 110 Å². The van der Waals surface area contributed by atoms with Gasteiger partial charge in [-0.05, 0) is 44.2 Å². The largest absolute Gasteiger partial charge is 0.469 e. The summed E-state index contributed by atoms with van der Waals surface area (Å²) in [5, 5.41) is 5.47. The van der Waals surface area contributed by atoms with E-state index in [-0.39, 0.29) is 30.2 Å². The van der Waals surface area contributed by atoms with Crippen molar-refractivity contribution >= 4 is 17.8 Å². The number of amides is 2. The van der Waals surface area contributed by atoms with Crippen LogP contribution in [0.15, 0.2) is 23.0 Å². The average molecular weight is 436 g/mol. The third kappa shape index (κ3) is 6.54. The highest BCUT2D eigenvalue weighted by atomic mass is 16.6. The van der Waals surface area contributed by atoms with Crippen molar-refractivity contribution in [1.29, 1.82) is 0 Å². The normalized spacial score (nSPS) is 23.7. The Morgan fingerprint density at radius 1 is 1.26 bits per heavy atom. The molecular weight excluding hydrogens is 402 g/mol. The molecule has 0 saturated carbocycles. The van der Waals surface area contributed by atoms with Gasteiger partial charge in [-0.2, -0.15) is 0 Å². The van der Waals surface area contributed by atoms with Crippen molar-refractivity contribution in [1.82, 2.24) is 15.5 Å². The molecule has 9 heteroatoms. The van der Waals surface area contributed by atoms with Crippen molar-refractivity contribution in [2.75, 3.05) is 26.2 Å². The molecular formula is C22H33N3O6. The van der Waals surface area contributed by atoms with E-state index in [0.717, 1.165) is 25.9 Å². The Morgan fingerprint density at radius 2 is 2.00 bits per heavy atom. The Balaban J connectivity index is 1.64. The zero-order valence-corrected chi connectivity index (χ0v) is 18.5. The second-order valence-electron chi connectivity index (χ2n) is 8.81. The van der Waals surface area contributed by atoms with Gasteiger partial charge in [0.1, 0.15) is 25.0 Å². The molecule has 2 fully saturated rings.